The normalized spacial score (nSPS) is 12.7. The van der Waals surface area contributed by atoms with Crippen LogP contribution < -0.4 is 11.1 Å². The molecule has 0 saturated heterocycles. The number of anilines is 2. The second-order valence-electron chi connectivity index (χ2n) is 4.79. The van der Waals surface area contributed by atoms with E-state index in [1.165, 1.54) is 0 Å². The van der Waals surface area contributed by atoms with Crippen LogP contribution >= 0.6 is 0 Å². The number of hydrogen-bond donors (Lipinski definition) is 2. The van der Waals surface area contributed by atoms with E-state index in [-0.39, 0.29) is 6.04 Å². The van der Waals surface area contributed by atoms with Crippen molar-refractivity contribution >= 4 is 11.6 Å². The number of ether oxygens (including phenoxy) is 1. The number of hydrogen-bond acceptors (Lipinski definition) is 5. The molecule has 5 nitrogen and oxygen atoms in total. The van der Waals surface area contributed by atoms with Gasteiger partial charge in [-0.2, -0.15) is 0 Å². The van der Waals surface area contributed by atoms with Gasteiger partial charge in [0.1, 0.15) is 17.5 Å². The smallest absolute Gasteiger partial charge is 0.133 e. The van der Waals surface area contributed by atoms with Gasteiger partial charge in [0.05, 0.1) is 12.6 Å². The van der Waals surface area contributed by atoms with Crippen LogP contribution in [0.5, 0.6) is 0 Å². The van der Waals surface area contributed by atoms with Crippen LogP contribution in [0.2, 0.25) is 0 Å². The maximum absolute atomic E-state index is 5.79. The number of aromatic nitrogens is 2. The maximum Gasteiger partial charge on any atom is 0.133 e. The van der Waals surface area contributed by atoms with Crippen molar-refractivity contribution in [3.05, 3.63) is 11.9 Å². The lowest BCUT2D eigenvalue weighted by Crippen LogP contribution is -2.31. The SMILES string of the molecule is CCCc1nc(N)cc(NC(COC)C(C)C)n1. The van der Waals surface area contributed by atoms with Gasteiger partial charge in [-0.1, -0.05) is 20.8 Å². The van der Waals surface area contributed by atoms with Gasteiger partial charge in [-0.05, 0) is 12.3 Å². The lowest BCUT2D eigenvalue weighted by atomic mass is 10.1. The Morgan fingerprint density at radius 1 is 1.39 bits per heavy atom. The monoisotopic (exact) mass is 252 g/mol. The zero-order valence-corrected chi connectivity index (χ0v) is 11.7. The molecular formula is C13H24N4O. The van der Waals surface area contributed by atoms with Crippen molar-refractivity contribution in [2.75, 3.05) is 24.8 Å². The molecule has 1 unspecified atom stereocenters. The summed E-state index contributed by atoms with van der Waals surface area (Å²) in [6.07, 6.45) is 1.85. The van der Waals surface area contributed by atoms with Crippen molar-refractivity contribution in [1.29, 1.82) is 0 Å². The first-order valence-electron chi connectivity index (χ1n) is 6.45. The van der Waals surface area contributed by atoms with Gasteiger partial charge in [0.25, 0.3) is 0 Å². The molecule has 0 fully saturated rings. The Bertz CT molecular complexity index is 368. The Morgan fingerprint density at radius 2 is 2.11 bits per heavy atom. The van der Waals surface area contributed by atoms with Crippen molar-refractivity contribution in [2.45, 2.75) is 39.7 Å². The highest BCUT2D eigenvalue weighted by atomic mass is 16.5. The molecule has 1 aromatic heterocycles. The lowest BCUT2D eigenvalue weighted by molar-refractivity contribution is 0.171. The van der Waals surface area contributed by atoms with Crippen LogP contribution in [0.25, 0.3) is 0 Å². The predicted octanol–water partition coefficient (Wildman–Crippen LogP) is 2.09. The van der Waals surface area contributed by atoms with Crippen LogP contribution in [-0.4, -0.2) is 29.7 Å². The lowest BCUT2D eigenvalue weighted by Gasteiger charge is -2.22. The summed E-state index contributed by atoms with van der Waals surface area (Å²) in [7, 11) is 1.70. The largest absolute Gasteiger partial charge is 0.384 e. The van der Waals surface area contributed by atoms with E-state index in [4.69, 9.17) is 10.5 Å². The molecule has 1 atom stereocenters. The number of nitrogens with two attached hydrogens (primary N) is 1. The molecule has 0 amide bonds. The quantitative estimate of drug-likeness (QED) is 0.777. The van der Waals surface area contributed by atoms with Gasteiger partial charge in [0.15, 0.2) is 0 Å². The molecular weight excluding hydrogens is 228 g/mol. The van der Waals surface area contributed by atoms with Gasteiger partial charge in [-0.25, -0.2) is 9.97 Å². The minimum atomic E-state index is 0.221. The number of aryl methyl sites for hydroxylation is 1. The molecule has 102 valence electrons. The molecule has 0 aliphatic rings. The summed E-state index contributed by atoms with van der Waals surface area (Å²) in [6, 6.07) is 1.99. The molecule has 5 heteroatoms. The Kier molecular flexibility index (Phi) is 5.85. The first kappa shape index (κ1) is 14.7. The Labute approximate surface area is 109 Å². The fourth-order valence-electron chi connectivity index (χ4n) is 1.70. The van der Waals surface area contributed by atoms with E-state index in [0.29, 0.717) is 18.3 Å². The Balaban J connectivity index is 2.81. The van der Waals surface area contributed by atoms with Crippen molar-refractivity contribution in [3.63, 3.8) is 0 Å². The van der Waals surface area contributed by atoms with Gasteiger partial charge in [-0.3, -0.25) is 0 Å². The maximum atomic E-state index is 5.79. The van der Waals surface area contributed by atoms with Gasteiger partial charge in [-0.15, -0.1) is 0 Å². The third kappa shape index (κ3) is 4.49. The summed E-state index contributed by atoms with van der Waals surface area (Å²) >= 11 is 0. The van der Waals surface area contributed by atoms with E-state index in [0.717, 1.165) is 24.5 Å². The zero-order chi connectivity index (χ0) is 13.5. The summed E-state index contributed by atoms with van der Waals surface area (Å²) in [6.45, 7) is 7.04. The number of nitrogens with one attached hydrogen (secondary N) is 1. The zero-order valence-electron chi connectivity index (χ0n) is 11.7. The van der Waals surface area contributed by atoms with Crippen LogP contribution in [0.3, 0.4) is 0 Å². The van der Waals surface area contributed by atoms with Crippen LogP contribution in [0.4, 0.5) is 11.6 Å². The van der Waals surface area contributed by atoms with E-state index in [1.807, 2.05) is 0 Å². The molecule has 0 radical (unpaired) electrons. The van der Waals surface area contributed by atoms with E-state index in [9.17, 15) is 0 Å². The minimum absolute atomic E-state index is 0.221. The van der Waals surface area contributed by atoms with Gasteiger partial charge in [0, 0.05) is 19.6 Å². The molecule has 0 saturated carbocycles. The molecule has 1 aromatic rings. The fourth-order valence-corrected chi connectivity index (χ4v) is 1.70. The van der Waals surface area contributed by atoms with Crippen molar-refractivity contribution in [1.82, 2.24) is 9.97 Å². The number of methoxy groups -OCH3 is 1. The van der Waals surface area contributed by atoms with E-state index in [1.54, 1.807) is 13.2 Å². The molecule has 3 N–H and O–H groups in total. The van der Waals surface area contributed by atoms with E-state index in [2.05, 4.69) is 36.1 Å². The highest BCUT2D eigenvalue weighted by Gasteiger charge is 2.14. The van der Waals surface area contributed by atoms with Crippen LogP contribution in [-0.2, 0) is 11.2 Å². The summed E-state index contributed by atoms with van der Waals surface area (Å²) in [5, 5.41) is 3.36. The molecule has 0 bridgehead atoms. The number of rotatable bonds is 7. The van der Waals surface area contributed by atoms with E-state index < -0.39 is 0 Å². The average molecular weight is 252 g/mol. The summed E-state index contributed by atoms with van der Waals surface area (Å²) in [4.78, 5) is 8.69. The highest BCUT2D eigenvalue weighted by Crippen LogP contribution is 2.14. The molecule has 0 spiro atoms. The van der Waals surface area contributed by atoms with Crippen molar-refractivity contribution in [3.8, 4) is 0 Å². The van der Waals surface area contributed by atoms with Gasteiger partial charge < -0.3 is 15.8 Å². The summed E-state index contributed by atoms with van der Waals surface area (Å²) in [5.41, 5.74) is 5.79. The van der Waals surface area contributed by atoms with Gasteiger partial charge in [0.2, 0.25) is 0 Å². The third-order valence-electron chi connectivity index (χ3n) is 2.75. The second-order valence-corrected chi connectivity index (χ2v) is 4.79. The third-order valence-corrected chi connectivity index (χ3v) is 2.75. The van der Waals surface area contributed by atoms with Crippen LogP contribution in [0, 0.1) is 5.92 Å². The van der Waals surface area contributed by atoms with E-state index >= 15 is 0 Å². The molecule has 0 aromatic carbocycles. The molecule has 1 rings (SSSR count). The first-order valence-corrected chi connectivity index (χ1v) is 6.45. The summed E-state index contributed by atoms with van der Waals surface area (Å²) in [5.74, 6) is 2.54. The fraction of sp³-hybridized carbons (Fsp3) is 0.692. The van der Waals surface area contributed by atoms with Crippen molar-refractivity contribution < 1.29 is 4.74 Å². The minimum Gasteiger partial charge on any atom is -0.384 e. The number of nitrogens with zero attached hydrogens (tertiary/aromatic N) is 2. The van der Waals surface area contributed by atoms with Crippen LogP contribution in [0.15, 0.2) is 6.07 Å². The summed E-state index contributed by atoms with van der Waals surface area (Å²) < 4.78 is 5.21. The van der Waals surface area contributed by atoms with Gasteiger partial charge >= 0.3 is 0 Å². The average Bonchev–Trinajstić information content (AvgIpc) is 2.28. The molecule has 0 aliphatic heterocycles. The number of nitrogen functional groups attached to an aromatic ring is 1. The highest BCUT2D eigenvalue weighted by molar-refractivity contribution is 5.45. The molecule has 1 heterocycles. The first-order chi connectivity index (χ1) is 8.56. The molecule has 0 aliphatic carbocycles. The van der Waals surface area contributed by atoms with Crippen LogP contribution in [0.1, 0.15) is 33.0 Å². The topological polar surface area (TPSA) is 73.1 Å². The predicted molar refractivity (Wildman–Crippen MR) is 74.6 cm³/mol. The Morgan fingerprint density at radius 3 is 2.67 bits per heavy atom. The standard InChI is InChI=1S/C13H24N4O/c1-5-6-12-16-11(14)7-13(17-12)15-10(8-18-4)9(2)3/h7,9-10H,5-6,8H2,1-4H3,(H3,14,15,16,17). The Hall–Kier alpha value is -1.36. The molecule has 18 heavy (non-hydrogen) atoms. The second kappa shape index (κ2) is 7.16. The van der Waals surface area contributed by atoms with Crippen molar-refractivity contribution in [2.24, 2.45) is 5.92 Å².